The van der Waals surface area contributed by atoms with Gasteiger partial charge in [0.1, 0.15) is 5.75 Å². The van der Waals surface area contributed by atoms with Crippen LogP contribution < -0.4 is 0 Å². The Morgan fingerprint density at radius 3 is 2.47 bits per heavy atom. The van der Waals surface area contributed by atoms with Gasteiger partial charge in [0, 0.05) is 6.42 Å². The van der Waals surface area contributed by atoms with Crippen LogP contribution in [0.4, 0.5) is 0 Å². The summed E-state index contributed by atoms with van der Waals surface area (Å²) in [7, 11) is 0. The SMILES string of the molecule is O=C1C=CC(Cc2ccc(O)cc2)=CC1. The fraction of sp³-hybridized carbons (Fsp3) is 0.154. The lowest BCUT2D eigenvalue weighted by molar-refractivity contribution is -0.113. The minimum atomic E-state index is 0.157. The summed E-state index contributed by atoms with van der Waals surface area (Å²) < 4.78 is 0. The van der Waals surface area contributed by atoms with Crippen molar-refractivity contribution in [3.05, 3.63) is 53.6 Å². The highest BCUT2D eigenvalue weighted by molar-refractivity contribution is 5.92. The number of hydrogen-bond donors (Lipinski definition) is 1. The smallest absolute Gasteiger partial charge is 0.159 e. The lowest BCUT2D eigenvalue weighted by atomic mass is 9.99. The number of allylic oxidation sites excluding steroid dienone is 4. The molecule has 0 bridgehead atoms. The fourth-order valence-corrected chi connectivity index (χ4v) is 1.55. The summed E-state index contributed by atoms with van der Waals surface area (Å²) in [4.78, 5) is 10.9. The Labute approximate surface area is 88.6 Å². The van der Waals surface area contributed by atoms with Crippen LogP contribution in [0.1, 0.15) is 12.0 Å². The first-order valence-electron chi connectivity index (χ1n) is 4.92. The molecule has 0 amide bonds. The first kappa shape index (κ1) is 9.71. The summed E-state index contributed by atoms with van der Waals surface area (Å²) in [5, 5.41) is 9.12. The maximum absolute atomic E-state index is 10.9. The fourth-order valence-electron chi connectivity index (χ4n) is 1.55. The van der Waals surface area contributed by atoms with Crippen molar-refractivity contribution in [3.63, 3.8) is 0 Å². The van der Waals surface area contributed by atoms with Crippen molar-refractivity contribution >= 4 is 5.78 Å². The Kier molecular flexibility index (Phi) is 2.68. The molecule has 1 aliphatic rings. The number of aromatic hydroxyl groups is 1. The maximum atomic E-state index is 10.9. The molecule has 0 unspecified atom stereocenters. The Bertz CT molecular complexity index is 424. The highest BCUT2D eigenvalue weighted by Crippen LogP contribution is 2.16. The molecule has 1 aliphatic carbocycles. The van der Waals surface area contributed by atoms with Crippen molar-refractivity contribution < 1.29 is 9.90 Å². The van der Waals surface area contributed by atoms with Crippen LogP contribution in [0.3, 0.4) is 0 Å². The highest BCUT2D eigenvalue weighted by atomic mass is 16.3. The number of hydrogen-bond acceptors (Lipinski definition) is 2. The van der Waals surface area contributed by atoms with E-state index in [-0.39, 0.29) is 11.5 Å². The number of rotatable bonds is 2. The van der Waals surface area contributed by atoms with Gasteiger partial charge in [-0.3, -0.25) is 4.79 Å². The van der Waals surface area contributed by atoms with Gasteiger partial charge in [-0.1, -0.05) is 24.3 Å². The van der Waals surface area contributed by atoms with Gasteiger partial charge in [0.25, 0.3) is 0 Å². The molecule has 0 atom stereocenters. The zero-order chi connectivity index (χ0) is 10.7. The number of phenolic OH excluding ortho intramolecular Hbond substituents is 1. The van der Waals surface area contributed by atoms with Crippen molar-refractivity contribution in [3.8, 4) is 5.75 Å². The molecule has 0 saturated carbocycles. The number of carbonyl (C=O) groups excluding carboxylic acids is 1. The summed E-state index contributed by atoms with van der Waals surface area (Å²) in [6.07, 6.45) is 6.75. The van der Waals surface area contributed by atoms with E-state index < -0.39 is 0 Å². The molecule has 2 rings (SSSR count). The average molecular weight is 200 g/mol. The summed E-state index contributed by atoms with van der Waals surface area (Å²) in [5.41, 5.74) is 2.29. The highest BCUT2D eigenvalue weighted by Gasteiger charge is 2.04. The standard InChI is InChI=1S/C13H12O2/c14-12-5-1-10(2-6-12)9-11-3-7-13(15)8-4-11/h1-7,14H,8-9H2. The predicted octanol–water partition coefficient (Wildman–Crippen LogP) is 2.39. The van der Waals surface area contributed by atoms with Crippen molar-refractivity contribution in [2.75, 3.05) is 0 Å². The van der Waals surface area contributed by atoms with Crippen LogP contribution >= 0.6 is 0 Å². The van der Waals surface area contributed by atoms with Crippen LogP contribution in [0, 0.1) is 0 Å². The topological polar surface area (TPSA) is 37.3 Å². The van der Waals surface area contributed by atoms with Gasteiger partial charge in [-0.25, -0.2) is 0 Å². The zero-order valence-corrected chi connectivity index (χ0v) is 8.31. The quantitative estimate of drug-likeness (QED) is 0.795. The van der Waals surface area contributed by atoms with Gasteiger partial charge in [-0.15, -0.1) is 0 Å². The average Bonchev–Trinajstić information content (AvgIpc) is 2.25. The first-order valence-corrected chi connectivity index (χ1v) is 4.92. The Morgan fingerprint density at radius 1 is 1.13 bits per heavy atom. The first-order chi connectivity index (χ1) is 7.24. The van der Waals surface area contributed by atoms with E-state index in [2.05, 4.69) is 0 Å². The van der Waals surface area contributed by atoms with Crippen molar-refractivity contribution in [1.29, 1.82) is 0 Å². The monoisotopic (exact) mass is 200 g/mol. The molecule has 1 aromatic carbocycles. The molecule has 1 aromatic rings. The van der Waals surface area contributed by atoms with E-state index in [1.807, 2.05) is 24.3 Å². The van der Waals surface area contributed by atoms with Gasteiger partial charge in [0.15, 0.2) is 5.78 Å². The number of benzene rings is 1. The maximum Gasteiger partial charge on any atom is 0.159 e. The lowest BCUT2D eigenvalue weighted by Crippen LogP contribution is -1.98. The molecule has 0 fully saturated rings. The molecule has 2 heteroatoms. The van der Waals surface area contributed by atoms with E-state index in [1.54, 1.807) is 18.2 Å². The Balaban J connectivity index is 2.07. The normalized spacial score (nSPS) is 15.2. The number of phenols is 1. The number of ketones is 1. The molecule has 0 radical (unpaired) electrons. The third-order valence-corrected chi connectivity index (χ3v) is 2.39. The van der Waals surface area contributed by atoms with Gasteiger partial charge >= 0.3 is 0 Å². The third kappa shape index (κ3) is 2.56. The van der Waals surface area contributed by atoms with Crippen LogP contribution in [0.15, 0.2) is 48.1 Å². The van der Waals surface area contributed by atoms with Crippen molar-refractivity contribution in [1.82, 2.24) is 0 Å². The predicted molar refractivity (Wildman–Crippen MR) is 58.7 cm³/mol. The van der Waals surface area contributed by atoms with Crippen LogP contribution in [0.5, 0.6) is 5.75 Å². The minimum absolute atomic E-state index is 0.157. The zero-order valence-electron chi connectivity index (χ0n) is 8.31. The van der Waals surface area contributed by atoms with Crippen LogP contribution in [0.2, 0.25) is 0 Å². The second-order valence-corrected chi connectivity index (χ2v) is 3.63. The Hall–Kier alpha value is -1.83. The van der Waals surface area contributed by atoms with Gasteiger partial charge in [-0.2, -0.15) is 0 Å². The van der Waals surface area contributed by atoms with E-state index in [4.69, 9.17) is 5.11 Å². The molecule has 15 heavy (non-hydrogen) atoms. The number of carbonyl (C=O) groups is 1. The summed E-state index contributed by atoms with van der Waals surface area (Å²) in [6.45, 7) is 0. The van der Waals surface area contributed by atoms with E-state index in [0.29, 0.717) is 6.42 Å². The van der Waals surface area contributed by atoms with Gasteiger partial charge in [-0.05, 0) is 35.8 Å². The summed E-state index contributed by atoms with van der Waals surface area (Å²) in [5.74, 6) is 0.437. The van der Waals surface area contributed by atoms with Gasteiger partial charge in [0.2, 0.25) is 0 Å². The molecule has 0 saturated heterocycles. The van der Waals surface area contributed by atoms with Gasteiger partial charge < -0.3 is 5.11 Å². The van der Waals surface area contributed by atoms with E-state index in [0.717, 1.165) is 17.6 Å². The van der Waals surface area contributed by atoms with Crippen molar-refractivity contribution in [2.24, 2.45) is 0 Å². The minimum Gasteiger partial charge on any atom is -0.508 e. The van der Waals surface area contributed by atoms with Crippen LogP contribution in [-0.2, 0) is 11.2 Å². The van der Waals surface area contributed by atoms with E-state index in [9.17, 15) is 4.79 Å². The molecular weight excluding hydrogens is 188 g/mol. The summed E-state index contributed by atoms with van der Waals surface area (Å²) in [6, 6.07) is 7.13. The Morgan fingerprint density at radius 2 is 1.87 bits per heavy atom. The van der Waals surface area contributed by atoms with Crippen LogP contribution in [-0.4, -0.2) is 10.9 Å². The van der Waals surface area contributed by atoms with Gasteiger partial charge in [0.05, 0.1) is 0 Å². The largest absolute Gasteiger partial charge is 0.508 e. The molecule has 76 valence electrons. The third-order valence-electron chi connectivity index (χ3n) is 2.39. The molecule has 2 nitrogen and oxygen atoms in total. The van der Waals surface area contributed by atoms with E-state index >= 15 is 0 Å². The summed E-state index contributed by atoms with van der Waals surface area (Å²) >= 11 is 0. The molecule has 0 aromatic heterocycles. The molecule has 0 aliphatic heterocycles. The van der Waals surface area contributed by atoms with Crippen molar-refractivity contribution in [2.45, 2.75) is 12.8 Å². The van der Waals surface area contributed by atoms with E-state index in [1.165, 1.54) is 0 Å². The molecular formula is C13H12O2. The molecule has 0 spiro atoms. The lowest BCUT2D eigenvalue weighted by Gasteiger charge is -2.06. The van der Waals surface area contributed by atoms with Crippen LogP contribution in [0.25, 0.3) is 0 Å². The molecule has 0 heterocycles. The second-order valence-electron chi connectivity index (χ2n) is 3.63. The second kappa shape index (κ2) is 4.13. The molecule has 1 N–H and O–H groups in total.